The molecule has 15 heavy (non-hydrogen) atoms. The Labute approximate surface area is 88.6 Å². The van der Waals surface area contributed by atoms with Gasteiger partial charge in [0.25, 0.3) is 0 Å². The van der Waals surface area contributed by atoms with Gasteiger partial charge >= 0.3 is 0 Å². The molecule has 1 aromatic rings. The zero-order valence-electron chi connectivity index (χ0n) is 8.56. The molecule has 82 valence electrons. The Morgan fingerprint density at radius 1 is 1.60 bits per heavy atom. The Bertz CT molecular complexity index is 313. The lowest BCUT2D eigenvalue weighted by atomic mass is 10.3. The van der Waals surface area contributed by atoms with Gasteiger partial charge in [-0.25, -0.2) is 9.97 Å². The molecule has 1 saturated heterocycles. The van der Waals surface area contributed by atoms with E-state index in [1.807, 2.05) is 6.07 Å². The minimum absolute atomic E-state index is 0.210. The van der Waals surface area contributed by atoms with Crippen molar-refractivity contribution in [1.82, 2.24) is 9.97 Å². The van der Waals surface area contributed by atoms with Crippen LogP contribution >= 0.6 is 0 Å². The molecule has 5 nitrogen and oxygen atoms in total. The molecular formula is C10H15N3O2. The van der Waals surface area contributed by atoms with E-state index in [4.69, 9.17) is 15.2 Å². The van der Waals surface area contributed by atoms with Crippen LogP contribution in [0.1, 0.15) is 17.9 Å². The van der Waals surface area contributed by atoms with Crippen molar-refractivity contribution in [3.05, 3.63) is 23.8 Å². The van der Waals surface area contributed by atoms with Crippen molar-refractivity contribution >= 4 is 0 Å². The minimum Gasteiger partial charge on any atom is -0.379 e. The maximum absolute atomic E-state index is 5.63. The summed E-state index contributed by atoms with van der Waals surface area (Å²) in [5, 5.41) is 0. The molecule has 2 rings (SSSR count). The van der Waals surface area contributed by atoms with Gasteiger partial charge in [0.15, 0.2) is 0 Å². The van der Waals surface area contributed by atoms with Crippen LogP contribution in [-0.4, -0.2) is 29.3 Å². The second-order valence-corrected chi connectivity index (χ2v) is 3.46. The summed E-state index contributed by atoms with van der Waals surface area (Å²) in [6.45, 7) is 2.35. The molecule has 1 aliphatic heterocycles. The van der Waals surface area contributed by atoms with Gasteiger partial charge in [-0.1, -0.05) is 0 Å². The largest absolute Gasteiger partial charge is 0.379 e. The SMILES string of the molecule is NCc1nccc(CO[C@H]2CCOC2)n1. The van der Waals surface area contributed by atoms with Crippen LogP contribution in [-0.2, 0) is 22.6 Å². The third kappa shape index (κ3) is 2.95. The van der Waals surface area contributed by atoms with Crippen LogP contribution in [0.15, 0.2) is 12.3 Å². The van der Waals surface area contributed by atoms with E-state index in [0.29, 0.717) is 25.6 Å². The first-order valence-electron chi connectivity index (χ1n) is 5.08. The summed E-state index contributed by atoms with van der Waals surface area (Å²) in [6, 6.07) is 1.84. The number of ether oxygens (including phenoxy) is 2. The highest BCUT2D eigenvalue weighted by atomic mass is 16.5. The maximum Gasteiger partial charge on any atom is 0.142 e. The number of nitrogens with two attached hydrogens (primary N) is 1. The zero-order valence-corrected chi connectivity index (χ0v) is 8.56. The summed E-state index contributed by atoms with van der Waals surface area (Å²) in [6.07, 6.45) is 2.88. The van der Waals surface area contributed by atoms with E-state index >= 15 is 0 Å². The lowest BCUT2D eigenvalue weighted by molar-refractivity contribution is 0.0300. The molecule has 1 aliphatic rings. The van der Waals surface area contributed by atoms with Crippen molar-refractivity contribution in [3.63, 3.8) is 0 Å². The van der Waals surface area contributed by atoms with Gasteiger partial charge in [0.2, 0.25) is 0 Å². The van der Waals surface area contributed by atoms with E-state index < -0.39 is 0 Å². The van der Waals surface area contributed by atoms with E-state index in [1.54, 1.807) is 6.20 Å². The van der Waals surface area contributed by atoms with Crippen LogP contribution in [0, 0.1) is 0 Å². The summed E-state index contributed by atoms with van der Waals surface area (Å²) in [5.41, 5.74) is 6.32. The number of nitrogens with zero attached hydrogens (tertiary/aromatic N) is 2. The molecular weight excluding hydrogens is 194 g/mol. The lowest BCUT2D eigenvalue weighted by Gasteiger charge is -2.09. The molecule has 5 heteroatoms. The van der Waals surface area contributed by atoms with Crippen LogP contribution in [0.4, 0.5) is 0 Å². The van der Waals surface area contributed by atoms with Crippen LogP contribution in [0.25, 0.3) is 0 Å². The van der Waals surface area contributed by atoms with Crippen molar-refractivity contribution in [1.29, 1.82) is 0 Å². The number of hydrogen-bond donors (Lipinski definition) is 1. The van der Waals surface area contributed by atoms with Gasteiger partial charge in [-0.15, -0.1) is 0 Å². The third-order valence-electron chi connectivity index (χ3n) is 2.30. The average molecular weight is 209 g/mol. The third-order valence-corrected chi connectivity index (χ3v) is 2.30. The number of hydrogen-bond acceptors (Lipinski definition) is 5. The molecule has 0 bridgehead atoms. The highest BCUT2D eigenvalue weighted by molar-refractivity contribution is 5.00. The van der Waals surface area contributed by atoms with Gasteiger partial charge in [0, 0.05) is 12.8 Å². The summed E-state index contributed by atoms with van der Waals surface area (Å²) < 4.78 is 10.8. The predicted molar refractivity (Wildman–Crippen MR) is 53.9 cm³/mol. The van der Waals surface area contributed by atoms with E-state index in [2.05, 4.69) is 9.97 Å². The Morgan fingerprint density at radius 3 is 3.27 bits per heavy atom. The fourth-order valence-corrected chi connectivity index (χ4v) is 1.47. The molecule has 1 atom stereocenters. The molecule has 2 N–H and O–H groups in total. The van der Waals surface area contributed by atoms with Gasteiger partial charge < -0.3 is 15.2 Å². The molecule has 1 fully saturated rings. The minimum atomic E-state index is 0.210. The summed E-state index contributed by atoms with van der Waals surface area (Å²) >= 11 is 0. The number of aromatic nitrogens is 2. The molecule has 0 radical (unpaired) electrons. The van der Waals surface area contributed by atoms with Crippen molar-refractivity contribution in [2.75, 3.05) is 13.2 Å². The van der Waals surface area contributed by atoms with E-state index in [1.165, 1.54) is 0 Å². The zero-order chi connectivity index (χ0) is 10.5. The molecule has 0 saturated carbocycles. The first-order chi connectivity index (χ1) is 7.38. The summed E-state index contributed by atoms with van der Waals surface area (Å²) in [4.78, 5) is 8.27. The van der Waals surface area contributed by atoms with Gasteiger partial charge in [-0.3, -0.25) is 0 Å². The Hall–Kier alpha value is -1.04. The number of rotatable bonds is 4. The normalized spacial score (nSPS) is 20.7. The molecule has 2 heterocycles. The standard InChI is InChI=1S/C10H15N3O2/c11-5-10-12-3-1-8(13-10)6-15-9-2-4-14-7-9/h1,3,9H,2,4-7,11H2/t9-/m0/s1. The summed E-state index contributed by atoms with van der Waals surface area (Å²) in [5.74, 6) is 0.652. The van der Waals surface area contributed by atoms with Crippen molar-refractivity contribution in [2.45, 2.75) is 25.7 Å². The maximum atomic E-state index is 5.63. The fourth-order valence-electron chi connectivity index (χ4n) is 1.47. The highest BCUT2D eigenvalue weighted by Gasteiger charge is 2.15. The Morgan fingerprint density at radius 2 is 2.53 bits per heavy atom. The lowest BCUT2D eigenvalue weighted by Crippen LogP contribution is -2.13. The first kappa shape index (κ1) is 10.5. The molecule has 0 amide bonds. The second-order valence-electron chi connectivity index (χ2n) is 3.46. The smallest absolute Gasteiger partial charge is 0.142 e. The Kier molecular flexibility index (Phi) is 3.60. The fraction of sp³-hybridized carbons (Fsp3) is 0.600. The van der Waals surface area contributed by atoms with Crippen LogP contribution in [0.2, 0.25) is 0 Å². The topological polar surface area (TPSA) is 70.3 Å². The molecule has 1 aromatic heterocycles. The monoisotopic (exact) mass is 209 g/mol. The molecule has 0 aromatic carbocycles. The van der Waals surface area contributed by atoms with Gasteiger partial charge in [-0.05, 0) is 12.5 Å². The molecule has 0 spiro atoms. The van der Waals surface area contributed by atoms with Crippen molar-refractivity contribution in [3.8, 4) is 0 Å². The highest BCUT2D eigenvalue weighted by Crippen LogP contribution is 2.10. The van der Waals surface area contributed by atoms with Gasteiger partial charge in [0.1, 0.15) is 5.82 Å². The predicted octanol–water partition coefficient (Wildman–Crippen LogP) is 0.241. The van der Waals surface area contributed by atoms with E-state index in [9.17, 15) is 0 Å². The second kappa shape index (κ2) is 5.16. The van der Waals surface area contributed by atoms with Crippen molar-refractivity contribution in [2.24, 2.45) is 5.73 Å². The van der Waals surface area contributed by atoms with E-state index in [-0.39, 0.29) is 6.10 Å². The van der Waals surface area contributed by atoms with Gasteiger partial charge in [-0.2, -0.15) is 0 Å². The van der Waals surface area contributed by atoms with Crippen LogP contribution in [0.5, 0.6) is 0 Å². The van der Waals surface area contributed by atoms with Gasteiger partial charge in [0.05, 0.1) is 31.6 Å². The molecule has 0 aliphatic carbocycles. The van der Waals surface area contributed by atoms with Crippen molar-refractivity contribution < 1.29 is 9.47 Å². The average Bonchev–Trinajstić information content (AvgIpc) is 2.79. The first-order valence-corrected chi connectivity index (χ1v) is 5.08. The molecule has 0 unspecified atom stereocenters. The van der Waals surface area contributed by atoms with E-state index in [0.717, 1.165) is 18.7 Å². The Balaban J connectivity index is 1.86. The quantitative estimate of drug-likeness (QED) is 0.769. The van der Waals surface area contributed by atoms with Crippen LogP contribution in [0.3, 0.4) is 0 Å². The summed E-state index contributed by atoms with van der Waals surface area (Å²) in [7, 11) is 0. The van der Waals surface area contributed by atoms with Crippen LogP contribution < -0.4 is 5.73 Å².